The molecule has 18 heavy (non-hydrogen) atoms. The lowest BCUT2D eigenvalue weighted by Crippen LogP contribution is -2.13. The summed E-state index contributed by atoms with van der Waals surface area (Å²) in [6.45, 7) is 2.82. The Balaban J connectivity index is 2.26. The molecule has 0 aliphatic carbocycles. The summed E-state index contributed by atoms with van der Waals surface area (Å²) in [6, 6.07) is 9.59. The first-order valence-electron chi connectivity index (χ1n) is 5.67. The minimum absolute atomic E-state index is 0.411. The second-order valence-electron chi connectivity index (χ2n) is 3.79. The van der Waals surface area contributed by atoms with E-state index in [4.69, 9.17) is 0 Å². The first-order chi connectivity index (χ1) is 8.76. The molecular formula is C13H13BrN4. The van der Waals surface area contributed by atoms with E-state index < -0.39 is 6.04 Å². The summed E-state index contributed by atoms with van der Waals surface area (Å²) in [4.78, 5) is 4.09. The Morgan fingerprint density at radius 1 is 1.50 bits per heavy atom. The lowest BCUT2D eigenvalue weighted by molar-refractivity contribution is 0.701. The lowest BCUT2D eigenvalue weighted by atomic mass is 10.2. The fraction of sp³-hybridized carbons (Fsp3) is 0.231. The van der Waals surface area contributed by atoms with Crippen molar-refractivity contribution in [3.05, 3.63) is 47.0 Å². The van der Waals surface area contributed by atoms with Crippen molar-refractivity contribution in [2.75, 3.05) is 5.32 Å². The third-order valence-corrected chi connectivity index (χ3v) is 3.38. The maximum absolute atomic E-state index is 9.30. The molecule has 0 saturated carbocycles. The van der Waals surface area contributed by atoms with Gasteiger partial charge in [0, 0.05) is 16.7 Å². The average Bonchev–Trinajstić information content (AvgIpc) is 2.86. The van der Waals surface area contributed by atoms with Gasteiger partial charge < -0.3 is 9.88 Å². The van der Waals surface area contributed by atoms with E-state index in [9.17, 15) is 5.26 Å². The van der Waals surface area contributed by atoms with Gasteiger partial charge in [-0.1, -0.05) is 12.1 Å². The van der Waals surface area contributed by atoms with Gasteiger partial charge in [0.25, 0.3) is 0 Å². The number of aryl methyl sites for hydroxylation is 1. The molecule has 4 nitrogen and oxygen atoms in total. The molecule has 2 rings (SSSR count). The summed E-state index contributed by atoms with van der Waals surface area (Å²) in [5, 5.41) is 12.5. The SMILES string of the molecule is CCn1cncc1C(C#N)Nc1ccccc1Br. The van der Waals surface area contributed by atoms with Crippen molar-refractivity contribution in [1.82, 2.24) is 9.55 Å². The Hall–Kier alpha value is -1.80. The predicted molar refractivity (Wildman–Crippen MR) is 74.0 cm³/mol. The van der Waals surface area contributed by atoms with Crippen LogP contribution in [-0.2, 0) is 6.54 Å². The highest BCUT2D eigenvalue weighted by atomic mass is 79.9. The highest BCUT2D eigenvalue weighted by Gasteiger charge is 2.15. The van der Waals surface area contributed by atoms with Crippen molar-refractivity contribution >= 4 is 21.6 Å². The van der Waals surface area contributed by atoms with E-state index in [1.165, 1.54) is 0 Å². The summed E-state index contributed by atoms with van der Waals surface area (Å²) < 4.78 is 2.89. The molecule has 0 aliphatic heterocycles. The van der Waals surface area contributed by atoms with Gasteiger partial charge in [0.1, 0.15) is 0 Å². The molecule has 1 atom stereocenters. The number of nitrogens with zero attached hydrogens (tertiary/aromatic N) is 3. The Labute approximate surface area is 114 Å². The van der Waals surface area contributed by atoms with Gasteiger partial charge in [0.2, 0.25) is 0 Å². The zero-order valence-corrected chi connectivity index (χ0v) is 11.6. The molecule has 0 spiro atoms. The predicted octanol–water partition coefficient (Wildman–Crippen LogP) is 3.34. The number of nitriles is 1. The Morgan fingerprint density at radius 3 is 2.94 bits per heavy atom. The van der Waals surface area contributed by atoms with Gasteiger partial charge in [0.15, 0.2) is 6.04 Å². The zero-order chi connectivity index (χ0) is 13.0. The summed E-state index contributed by atoms with van der Waals surface area (Å²) in [5.74, 6) is 0. The number of aromatic nitrogens is 2. The second-order valence-corrected chi connectivity index (χ2v) is 4.65. The van der Waals surface area contributed by atoms with Crippen molar-refractivity contribution in [3.8, 4) is 6.07 Å². The van der Waals surface area contributed by atoms with Gasteiger partial charge in [-0.2, -0.15) is 5.26 Å². The van der Waals surface area contributed by atoms with Crippen LogP contribution < -0.4 is 5.32 Å². The molecule has 0 aliphatic rings. The van der Waals surface area contributed by atoms with Gasteiger partial charge in [-0.15, -0.1) is 0 Å². The van der Waals surface area contributed by atoms with Crippen molar-refractivity contribution in [1.29, 1.82) is 5.26 Å². The summed E-state index contributed by atoms with van der Waals surface area (Å²) in [7, 11) is 0. The van der Waals surface area contributed by atoms with Crippen LogP contribution in [0.4, 0.5) is 5.69 Å². The Kier molecular flexibility index (Phi) is 4.00. The number of halogens is 1. The molecule has 0 radical (unpaired) electrons. The van der Waals surface area contributed by atoms with E-state index in [0.29, 0.717) is 0 Å². The van der Waals surface area contributed by atoms with Crippen molar-refractivity contribution in [3.63, 3.8) is 0 Å². The minimum Gasteiger partial charge on any atom is -0.364 e. The summed E-state index contributed by atoms with van der Waals surface area (Å²) >= 11 is 3.46. The van der Waals surface area contributed by atoms with E-state index in [1.807, 2.05) is 35.8 Å². The average molecular weight is 305 g/mol. The highest BCUT2D eigenvalue weighted by Crippen LogP contribution is 2.26. The Morgan fingerprint density at radius 2 is 2.28 bits per heavy atom. The molecule has 0 fully saturated rings. The van der Waals surface area contributed by atoms with Crippen LogP contribution in [0.2, 0.25) is 0 Å². The third-order valence-electron chi connectivity index (χ3n) is 2.68. The standard InChI is InChI=1S/C13H13BrN4/c1-2-18-9-16-8-13(18)12(7-15)17-11-6-4-3-5-10(11)14/h3-6,8-9,12,17H,2H2,1H3. The van der Waals surface area contributed by atoms with Crippen LogP contribution in [0.25, 0.3) is 0 Å². The first kappa shape index (κ1) is 12.7. The van der Waals surface area contributed by atoms with Crippen molar-refractivity contribution in [2.45, 2.75) is 19.5 Å². The van der Waals surface area contributed by atoms with Crippen LogP contribution >= 0.6 is 15.9 Å². The molecule has 1 aromatic carbocycles. The quantitative estimate of drug-likeness (QED) is 0.942. The number of rotatable bonds is 4. The number of anilines is 1. The number of hydrogen-bond donors (Lipinski definition) is 1. The number of nitrogens with one attached hydrogen (secondary N) is 1. The second kappa shape index (κ2) is 5.69. The zero-order valence-electron chi connectivity index (χ0n) is 9.97. The molecule has 0 amide bonds. The molecule has 92 valence electrons. The number of hydrogen-bond acceptors (Lipinski definition) is 3. The number of imidazole rings is 1. The maximum Gasteiger partial charge on any atom is 0.156 e. The van der Waals surface area contributed by atoms with Crippen LogP contribution in [0.1, 0.15) is 18.7 Å². The van der Waals surface area contributed by atoms with E-state index in [1.54, 1.807) is 12.5 Å². The van der Waals surface area contributed by atoms with Crippen LogP contribution in [-0.4, -0.2) is 9.55 Å². The number of para-hydroxylation sites is 1. The van der Waals surface area contributed by atoms with Gasteiger partial charge in [0.05, 0.1) is 24.3 Å². The molecule has 1 heterocycles. The van der Waals surface area contributed by atoms with E-state index in [-0.39, 0.29) is 0 Å². The van der Waals surface area contributed by atoms with Gasteiger partial charge in [-0.25, -0.2) is 4.98 Å². The molecule has 5 heteroatoms. The summed E-state index contributed by atoms with van der Waals surface area (Å²) in [5.41, 5.74) is 1.77. The van der Waals surface area contributed by atoms with Gasteiger partial charge in [-0.05, 0) is 35.0 Å². The van der Waals surface area contributed by atoms with Crippen molar-refractivity contribution < 1.29 is 0 Å². The highest BCUT2D eigenvalue weighted by molar-refractivity contribution is 9.10. The van der Waals surface area contributed by atoms with E-state index in [2.05, 4.69) is 32.3 Å². The molecule has 1 aromatic heterocycles. The monoisotopic (exact) mass is 304 g/mol. The largest absolute Gasteiger partial charge is 0.364 e. The third kappa shape index (κ3) is 2.54. The molecule has 0 bridgehead atoms. The minimum atomic E-state index is -0.411. The number of benzene rings is 1. The molecule has 0 saturated heterocycles. The van der Waals surface area contributed by atoms with Crippen LogP contribution in [0, 0.1) is 11.3 Å². The molecule has 2 aromatic rings. The molecular weight excluding hydrogens is 292 g/mol. The first-order valence-corrected chi connectivity index (χ1v) is 6.46. The maximum atomic E-state index is 9.30. The topological polar surface area (TPSA) is 53.6 Å². The fourth-order valence-electron chi connectivity index (χ4n) is 1.74. The Bertz CT molecular complexity index is 570. The van der Waals surface area contributed by atoms with Crippen molar-refractivity contribution in [2.24, 2.45) is 0 Å². The lowest BCUT2D eigenvalue weighted by Gasteiger charge is -2.15. The van der Waals surface area contributed by atoms with Crippen LogP contribution in [0.3, 0.4) is 0 Å². The smallest absolute Gasteiger partial charge is 0.156 e. The van der Waals surface area contributed by atoms with E-state index >= 15 is 0 Å². The normalized spacial score (nSPS) is 11.8. The van der Waals surface area contributed by atoms with Gasteiger partial charge >= 0.3 is 0 Å². The fourth-order valence-corrected chi connectivity index (χ4v) is 2.14. The van der Waals surface area contributed by atoms with Crippen LogP contribution in [0.15, 0.2) is 41.3 Å². The molecule has 1 unspecified atom stereocenters. The summed E-state index contributed by atoms with van der Waals surface area (Å²) in [6.07, 6.45) is 3.46. The molecule has 1 N–H and O–H groups in total. The van der Waals surface area contributed by atoms with Gasteiger partial charge in [-0.3, -0.25) is 0 Å². The van der Waals surface area contributed by atoms with Crippen LogP contribution in [0.5, 0.6) is 0 Å². The van der Waals surface area contributed by atoms with E-state index in [0.717, 1.165) is 22.4 Å².